The van der Waals surface area contributed by atoms with Gasteiger partial charge in [0.05, 0.1) is 6.20 Å². The summed E-state index contributed by atoms with van der Waals surface area (Å²) in [5.41, 5.74) is 1.78. The second-order valence-electron chi connectivity index (χ2n) is 4.52. The molecule has 0 saturated carbocycles. The molecule has 3 rings (SSSR count). The van der Waals surface area contributed by atoms with Crippen molar-refractivity contribution in [3.05, 3.63) is 41.8 Å². The Labute approximate surface area is 125 Å². The number of furan rings is 1. The molecule has 0 atom stereocenters. The fraction of sp³-hybridized carbons (Fsp3) is 0.214. The standard InChI is InChI=1S/C14H14N4O2S/c1-9-3-2-4-10-7-11(20-13(9)10)14(19)15-5-6-21-12-8-16-18-17-12/h2-4,7-8H,5-6H2,1H3,(H,15,19)(H,16,17,18). The summed E-state index contributed by atoms with van der Waals surface area (Å²) in [5, 5.41) is 14.8. The summed E-state index contributed by atoms with van der Waals surface area (Å²) in [6, 6.07) is 7.61. The molecule has 3 aromatic rings. The number of nitrogens with zero attached hydrogens (tertiary/aromatic N) is 2. The van der Waals surface area contributed by atoms with Crippen molar-refractivity contribution in [2.45, 2.75) is 11.9 Å². The average molecular weight is 302 g/mol. The summed E-state index contributed by atoms with van der Waals surface area (Å²) in [7, 11) is 0. The monoisotopic (exact) mass is 302 g/mol. The van der Waals surface area contributed by atoms with E-state index in [4.69, 9.17) is 4.42 Å². The third-order valence-corrected chi connectivity index (χ3v) is 3.90. The number of carbonyl (C=O) groups is 1. The molecule has 1 amide bonds. The van der Waals surface area contributed by atoms with Crippen molar-refractivity contribution < 1.29 is 9.21 Å². The zero-order valence-corrected chi connectivity index (χ0v) is 12.2. The first-order chi connectivity index (χ1) is 10.2. The van der Waals surface area contributed by atoms with E-state index in [-0.39, 0.29) is 5.91 Å². The highest BCUT2D eigenvalue weighted by atomic mass is 32.2. The number of thioether (sulfide) groups is 1. The van der Waals surface area contributed by atoms with Gasteiger partial charge in [-0.1, -0.05) is 18.2 Å². The van der Waals surface area contributed by atoms with Crippen LogP contribution in [0.3, 0.4) is 0 Å². The highest BCUT2D eigenvalue weighted by Gasteiger charge is 2.12. The van der Waals surface area contributed by atoms with Gasteiger partial charge in [-0.2, -0.15) is 10.3 Å². The Morgan fingerprint density at radius 1 is 1.48 bits per heavy atom. The van der Waals surface area contributed by atoms with Gasteiger partial charge in [-0.15, -0.1) is 16.9 Å². The average Bonchev–Trinajstić information content (AvgIpc) is 3.13. The lowest BCUT2D eigenvalue weighted by Crippen LogP contribution is -2.25. The van der Waals surface area contributed by atoms with Gasteiger partial charge >= 0.3 is 0 Å². The number of aromatic nitrogens is 3. The van der Waals surface area contributed by atoms with E-state index in [0.29, 0.717) is 12.3 Å². The van der Waals surface area contributed by atoms with Gasteiger partial charge < -0.3 is 9.73 Å². The Morgan fingerprint density at radius 3 is 3.14 bits per heavy atom. The Kier molecular flexibility index (Phi) is 3.92. The number of aryl methyl sites for hydroxylation is 1. The third-order valence-electron chi connectivity index (χ3n) is 3.00. The molecule has 2 aromatic heterocycles. The minimum absolute atomic E-state index is 0.202. The number of nitrogens with one attached hydrogen (secondary N) is 2. The van der Waals surface area contributed by atoms with Crippen LogP contribution >= 0.6 is 11.8 Å². The van der Waals surface area contributed by atoms with E-state index in [9.17, 15) is 4.79 Å². The maximum Gasteiger partial charge on any atom is 0.287 e. The number of carbonyl (C=O) groups excluding carboxylic acids is 1. The zero-order valence-electron chi connectivity index (χ0n) is 11.4. The molecule has 7 heteroatoms. The number of para-hydroxylation sites is 1. The van der Waals surface area contributed by atoms with Gasteiger partial charge in [0.15, 0.2) is 5.76 Å². The summed E-state index contributed by atoms with van der Waals surface area (Å²) in [4.78, 5) is 12.0. The summed E-state index contributed by atoms with van der Waals surface area (Å²) >= 11 is 1.52. The molecule has 0 aliphatic carbocycles. The lowest BCUT2D eigenvalue weighted by molar-refractivity contribution is 0.0930. The van der Waals surface area contributed by atoms with Crippen LogP contribution < -0.4 is 5.32 Å². The normalized spacial score (nSPS) is 10.9. The largest absolute Gasteiger partial charge is 0.451 e. The van der Waals surface area contributed by atoms with Crippen molar-refractivity contribution in [1.82, 2.24) is 20.7 Å². The van der Waals surface area contributed by atoms with E-state index >= 15 is 0 Å². The highest BCUT2D eigenvalue weighted by molar-refractivity contribution is 7.99. The molecule has 0 saturated heterocycles. The topological polar surface area (TPSA) is 83.8 Å². The first-order valence-electron chi connectivity index (χ1n) is 6.50. The van der Waals surface area contributed by atoms with Crippen LogP contribution in [0.25, 0.3) is 11.0 Å². The Hall–Kier alpha value is -2.28. The van der Waals surface area contributed by atoms with Crippen molar-refractivity contribution in [3.63, 3.8) is 0 Å². The fourth-order valence-electron chi connectivity index (χ4n) is 1.99. The van der Waals surface area contributed by atoms with Crippen LogP contribution in [-0.4, -0.2) is 33.6 Å². The molecule has 2 N–H and O–H groups in total. The van der Waals surface area contributed by atoms with Crippen molar-refractivity contribution in [2.75, 3.05) is 12.3 Å². The van der Waals surface area contributed by atoms with E-state index in [1.165, 1.54) is 11.8 Å². The van der Waals surface area contributed by atoms with Crippen LogP contribution in [0.4, 0.5) is 0 Å². The van der Waals surface area contributed by atoms with Crippen molar-refractivity contribution in [3.8, 4) is 0 Å². The lowest BCUT2D eigenvalue weighted by atomic mass is 10.2. The lowest BCUT2D eigenvalue weighted by Gasteiger charge is -2.01. The third kappa shape index (κ3) is 3.08. The van der Waals surface area contributed by atoms with E-state index in [1.807, 2.05) is 25.1 Å². The molecule has 1 aromatic carbocycles. The number of benzene rings is 1. The van der Waals surface area contributed by atoms with Crippen LogP contribution in [0, 0.1) is 6.92 Å². The van der Waals surface area contributed by atoms with E-state index < -0.39 is 0 Å². The molecule has 0 bridgehead atoms. The second kappa shape index (κ2) is 6.01. The molecule has 0 aliphatic heterocycles. The van der Waals surface area contributed by atoms with Crippen LogP contribution in [0.5, 0.6) is 0 Å². The number of rotatable bonds is 5. The number of hydrogen-bond acceptors (Lipinski definition) is 5. The van der Waals surface area contributed by atoms with E-state index in [1.54, 1.807) is 12.3 Å². The van der Waals surface area contributed by atoms with Crippen molar-refractivity contribution in [2.24, 2.45) is 0 Å². The van der Waals surface area contributed by atoms with Gasteiger partial charge in [-0.3, -0.25) is 4.79 Å². The first kappa shape index (κ1) is 13.7. The summed E-state index contributed by atoms with van der Waals surface area (Å²) in [6.45, 7) is 2.49. The van der Waals surface area contributed by atoms with Gasteiger partial charge in [0.25, 0.3) is 5.91 Å². The van der Waals surface area contributed by atoms with Gasteiger partial charge in [0.1, 0.15) is 10.6 Å². The van der Waals surface area contributed by atoms with Crippen LogP contribution in [-0.2, 0) is 0 Å². The Bertz CT molecular complexity index is 752. The number of amides is 1. The molecule has 0 fully saturated rings. The first-order valence-corrected chi connectivity index (χ1v) is 7.48. The van der Waals surface area contributed by atoms with Gasteiger partial charge in [-0.05, 0) is 18.6 Å². The van der Waals surface area contributed by atoms with E-state index in [0.717, 1.165) is 27.3 Å². The molecule has 0 aliphatic rings. The van der Waals surface area contributed by atoms with Crippen molar-refractivity contribution in [1.29, 1.82) is 0 Å². The number of aromatic amines is 1. The fourth-order valence-corrected chi connectivity index (χ4v) is 2.63. The molecule has 108 valence electrons. The SMILES string of the molecule is Cc1cccc2cc(C(=O)NCCSc3cn[nH]n3)oc12. The predicted molar refractivity (Wildman–Crippen MR) is 80.4 cm³/mol. The molecule has 6 nitrogen and oxygen atoms in total. The minimum Gasteiger partial charge on any atom is -0.451 e. The Balaban J connectivity index is 1.58. The molecular formula is C14H14N4O2S. The maximum absolute atomic E-state index is 12.0. The van der Waals surface area contributed by atoms with Crippen LogP contribution in [0.1, 0.15) is 16.1 Å². The number of hydrogen-bond donors (Lipinski definition) is 2. The smallest absolute Gasteiger partial charge is 0.287 e. The zero-order chi connectivity index (χ0) is 14.7. The molecule has 0 unspecified atom stereocenters. The van der Waals surface area contributed by atoms with Gasteiger partial charge in [0, 0.05) is 17.7 Å². The van der Waals surface area contributed by atoms with Gasteiger partial charge in [0.2, 0.25) is 0 Å². The molecule has 0 spiro atoms. The second-order valence-corrected chi connectivity index (χ2v) is 5.63. The molecule has 0 radical (unpaired) electrons. The minimum atomic E-state index is -0.202. The summed E-state index contributed by atoms with van der Waals surface area (Å²) in [6.07, 6.45) is 1.65. The van der Waals surface area contributed by atoms with Crippen LogP contribution in [0.2, 0.25) is 0 Å². The van der Waals surface area contributed by atoms with E-state index in [2.05, 4.69) is 20.7 Å². The van der Waals surface area contributed by atoms with Gasteiger partial charge in [-0.25, -0.2) is 0 Å². The maximum atomic E-state index is 12.0. The van der Waals surface area contributed by atoms with Crippen LogP contribution in [0.15, 0.2) is 39.9 Å². The summed E-state index contributed by atoms with van der Waals surface area (Å²) < 4.78 is 5.62. The number of H-pyrrole nitrogens is 1. The quantitative estimate of drug-likeness (QED) is 0.558. The number of fused-ring (bicyclic) bond motifs is 1. The van der Waals surface area contributed by atoms with Crippen molar-refractivity contribution >= 4 is 28.6 Å². The molecular weight excluding hydrogens is 288 g/mol. The predicted octanol–water partition coefficient (Wildman–Crippen LogP) is 2.38. The molecule has 21 heavy (non-hydrogen) atoms. The summed E-state index contributed by atoms with van der Waals surface area (Å²) in [5.74, 6) is 0.856. The Morgan fingerprint density at radius 2 is 2.38 bits per heavy atom. The highest BCUT2D eigenvalue weighted by Crippen LogP contribution is 2.22. The molecule has 2 heterocycles.